The molecule has 0 aromatic carbocycles. The molecule has 27 heavy (non-hydrogen) atoms. The summed E-state index contributed by atoms with van der Waals surface area (Å²) in [6.45, 7) is 4.33. The van der Waals surface area contributed by atoms with Crippen molar-refractivity contribution in [2.75, 3.05) is 19.7 Å². The number of amides is 1. The van der Waals surface area contributed by atoms with Crippen LogP contribution >= 0.6 is 0 Å². The van der Waals surface area contributed by atoms with Gasteiger partial charge in [0.25, 0.3) is 0 Å². The van der Waals surface area contributed by atoms with E-state index in [1.165, 1.54) is 0 Å². The molecule has 2 saturated heterocycles. The number of alkyl halides is 3. The molecule has 2 aliphatic rings. The molecule has 2 aliphatic heterocycles. The van der Waals surface area contributed by atoms with Gasteiger partial charge in [-0.2, -0.15) is 13.2 Å². The molecule has 2 atom stereocenters. The molecule has 10 heteroatoms. The third-order valence-corrected chi connectivity index (χ3v) is 4.62. The summed E-state index contributed by atoms with van der Waals surface area (Å²) in [7, 11) is 0. The third-order valence-electron chi connectivity index (χ3n) is 4.62. The number of aliphatic hydroxyl groups excluding tert-OH is 1. The topological polar surface area (TPSA) is 94.0 Å². The lowest BCUT2D eigenvalue weighted by Gasteiger charge is -2.24. The normalized spacial score (nSPS) is 22.4. The van der Waals surface area contributed by atoms with Crippen LogP contribution in [0.2, 0.25) is 0 Å². The van der Waals surface area contributed by atoms with E-state index >= 15 is 0 Å². The van der Waals surface area contributed by atoms with Crippen LogP contribution < -0.4 is 0 Å². The van der Waals surface area contributed by atoms with Gasteiger partial charge < -0.3 is 15.1 Å². The fourth-order valence-corrected chi connectivity index (χ4v) is 3.50. The molecule has 2 N–H and O–H groups in total. The van der Waals surface area contributed by atoms with Crippen molar-refractivity contribution in [1.29, 1.82) is 0 Å². The van der Waals surface area contributed by atoms with Crippen LogP contribution in [0, 0.1) is 6.92 Å². The Balaban J connectivity index is 0.000000321. The van der Waals surface area contributed by atoms with Crippen LogP contribution in [0.25, 0.3) is 0 Å². The van der Waals surface area contributed by atoms with Crippen LogP contribution in [0.4, 0.5) is 13.2 Å². The van der Waals surface area contributed by atoms with Crippen LogP contribution in [0.5, 0.6) is 0 Å². The van der Waals surface area contributed by atoms with Gasteiger partial charge in [0.2, 0.25) is 5.91 Å². The molecule has 150 valence electrons. The number of carboxylic acid groups (broad SMARTS) is 1. The lowest BCUT2D eigenvalue weighted by Crippen LogP contribution is -2.38. The fourth-order valence-electron chi connectivity index (χ4n) is 3.50. The summed E-state index contributed by atoms with van der Waals surface area (Å²) < 4.78 is 31.7. The smallest absolute Gasteiger partial charge is 0.475 e. The Morgan fingerprint density at radius 3 is 2.56 bits per heavy atom. The molecule has 0 saturated carbocycles. The van der Waals surface area contributed by atoms with E-state index in [1.54, 1.807) is 0 Å². The number of pyridine rings is 1. The molecular formula is C17H22F3N3O4. The second kappa shape index (κ2) is 8.66. The predicted molar refractivity (Wildman–Crippen MR) is 88.7 cm³/mol. The Hall–Kier alpha value is -2.20. The number of carbonyl (C=O) groups excluding carboxylic acids is 1. The average Bonchev–Trinajstić information content (AvgIpc) is 3.08. The molecule has 0 radical (unpaired) electrons. The van der Waals surface area contributed by atoms with Crippen molar-refractivity contribution in [3.05, 3.63) is 29.6 Å². The quantitative estimate of drug-likeness (QED) is 0.804. The van der Waals surface area contributed by atoms with Gasteiger partial charge in [0.1, 0.15) is 0 Å². The first kappa shape index (κ1) is 21.1. The van der Waals surface area contributed by atoms with Gasteiger partial charge in [-0.05, 0) is 25.5 Å². The summed E-state index contributed by atoms with van der Waals surface area (Å²) in [4.78, 5) is 29.7. The molecule has 3 heterocycles. The lowest BCUT2D eigenvalue weighted by atomic mass is 10.1. The van der Waals surface area contributed by atoms with Crippen molar-refractivity contribution in [3.63, 3.8) is 0 Å². The first-order chi connectivity index (χ1) is 12.6. The molecule has 1 aromatic heterocycles. The standard InChI is InChI=1S/C15H21N3O2.C2HF3O2/c1-11-3-2-4-12(16-11)10-17-6-5-13-14(17)9-15(20)18(13)7-8-19;3-2(4,5)1(6)7/h2-4,13-14,19H,5-10H2,1H3;(H,6,7). The van der Waals surface area contributed by atoms with Crippen LogP contribution in [0.3, 0.4) is 0 Å². The first-order valence-corrected chi connectivity index (χ1v) is 8.50. The highest BCUT2D eigenvalue weighted by atomic mass is 19.4. The van der Waals surface area contributed by atoms with Gasteiger partial charge in [-0.3, -0.25) is 14.7 Å². The fraction of sp³-hybridized carbons (Fsp3) is 0.588. The van der Waals surface area contributed by atoms with Gasteiger partial charge in [-0.15, -0.1) is 0 Å². The van der Waals surface area contributed by atoms with Crippen LogP contribution in [-0.2, 0) is 16.1 Å². The van der Waals surface area contributed by atoms with E-state index < -0.39 is 12.1 Å². The Morgan fingerprint density at radius 1 is 1.33 bits per heavy atom. The van der Waals surface area contributed by atoms with E-state index in [4.69, 9.17) is 15.0 Å². The van der Waals surface area contributed by atoms with Crippen LogP contribution in [0.1, 0.15) is 24.2 Å². The number of carboxylic acids is 1. The van der Waals surface area contributed by atoms with Crippen LogP contribution in [-0.4, -0.2) is 74.8 Å². The molecule has 0 bridgehead atoms. The highest BCUT2D eigenvalue weighted by Crippen LogP contribution is 2.32. The summed E-state index contributed by atoms with van der Waals surface area (Å²) in [6, 6.07) is 6.64. The summed E-state index contributed by atoms with van der Waals surface area (Å²) in [5, 5.41) is 16.2. The maximum absolute atomic E-state index is 12.0. The van der Waals surface area contributed by atoms with Gasteiger partial charge in [0.05, 0.1) is 12.3 Å². The Bertz CT molecular complexity index is 684. The van der Waals surface area contributed by atoms with Crippen molar-refractivity contribution < 1.29 is 33.0 Å². The van der Waals surface area contributed by atoms with E-state index in [0.717, 1.165) is 30.9 Å². The molecule has 0 aliphatic carbocycles. The number of likely N-dealkylation sites (tertiary alicyclic amines) is 2. The lowest BCUT2D eigenvalue weighted by molar-refractivity contribution is -0.192. The molecule has 1 amide bonds. The first-order valence-electron chi connectivity index (χ1n) is 8.50. The van der Waals surface area contributed by atoms with Crippen molar-refractivity contribution in [1.82, 2.24) is 14.8 Å². The summed E-state index contributed by atoms with van der Waals surface area (Å²) in [6.07, 6.45) is -3.50. The van der Waals surface area contributed by atoms with Crippen molar-refractivity contribution in [3.8, 4) is 0 Å². The Kier molecular flexibility index (Phi) is 6.77. The molecule has 2 unspecified atom stereocenters. The summed E-state index contributed by atoms with van der Waals surface area (Å²) in [5.74, 6) is -2.58. The molecular weight excluding hydrogens is 367 g/mol. The highest BCUT2D eigenvalue weighted by Gasteiger charge is 2.46. The second-order valence-electron chi connectivity index (χ2n) is 6.48. The maximum atomic E-state index is 12.0. The number of halogens is 3. The molecule has 7 nitrogen and oxygen atoms in total. The Morgan fingerprint density at radius 2 is 2.00 bits per heavy atom. The largest absolute Gasteiger partial charge is 0.490 e. The average molecular weight is 389 g/mol. The SMILES string of the molecule is Cc1cccc(CN2CCC3C2CC(=O)N3CCO)n1.O=C(O)C(F)(F)F. The van der Waals surface area contributed by atoms with E-state index in [0.29, 0.717) is 13.0 Å². The Labute approximate surface area is 154 Å². The number of hydrogen-bond acceptors (Lipinski definition) is 5. The monoisotopic (exact) mass is 389 g/mol. The van der Waals surface area contributed by atoms with Gasteiger partial charge in [-0.1, -0.05) is 6.07 Å². The van der Waals surface area contributed by atoms with Gasteiger partial charge in [0, 0.05) is 43.8 Å². The molecule has 2 fully saturated rings. The van der Waals surface area contributed by atoms with Crippen LogP contribution in [0.15, 0.2) is 18.2 Å². The van der Waals surface area contributed by atoms with E-state index in [-0.39, 0.29) is 24.6 Å². The van der Waals surface area contributed by atoms with E-state index in [1.807, 2.05) is 30.0 Å². The highest BCUT2D eigenvalue weighted by molar-refractivity contribution is 5.80. The number of aryl methyl sites for hydroxylation is 1. The number of fused-ring (bicyclic) bond motifs is 1. The van der Waals surface area contributed by atoms with Gasteiger partial charge >= 0.3 is 12.1 Å². The minimum atomic E-state index is -5.08. The number of aliphatic hydroxyl groups is 1. The number of hydrogen-bond donors (Lipinski definition) is 2. The second-order valence-corrected chi connectivity index (χ2v) is 6.48. The van der Waals surface area contributed by atoms with Crippen molar-refractivity contribution >= 4 is 11.9 Å². The van der Waals surface area contributed by atoms with E-state index in [2.05, 4.69) is 9.88 Å². The minimum absolute atomic E-state index is 0.0500. The number of aliphatic carboxylic acids is 1. The van der Waals surface area contributed by atoms with E-state index in [9.17, 15) is 18.0 Å². The maximum Gasteiger partial charge on any atom is 0.490 e. The summed E-state index contributed by atoms with van der Waals surface area (Å²) >= 11 is 0. The third kappa shape index (κ3) is 5.39. The molecule has 3 rings (SSSR count). The number of β-amino-alcohol motifs (C(OH)–C–C–N with tert-alkyl or cyclic N) is 1. The number of carbonyl (C=O) groups is 2. The van der Waals surface area contributed by atoms with Crippen molar-refractivity contribution in [2.45, 2.75) is 44.6 Å². The molecule has 0 spiro atoms. The van der Waals surface area contributed by atoms with Crippen molar-refractivity contribution in [2.24, 2.45) is 0 Å². The number of aromatic nitrogens is 1. The molecule has 1 aromatic rings. The zero-order valence-corrected chi connectivity index (χ0v) is 14.8. The minimum Gasteiger partial charge on any atom is -0.475 e. The van der Waals surface area contributed by atoms with Gasteiger partial charge in [-0.25, -0.2) is 4.79 Å². The van der Waals surface area contributed by atoms with Gasteiger partial charge in [0.15, 0.2) is 0 Å². The zero-order chi connectivity index (χ0) is 20.2. The number of nitrogens with zero attached hydrogens (tertiary/aromatic N) is 3. The predicted octanol–water partition coefficient (Wildman–Crippen LogP) is 1.19. The number of rotatable bonds is 4. The summed E-state index contributed by atoms with van der Waals surface area (Å²) in [5.41, 5.74) is 2.10. The zero-order valence-electron chi connectivity index (χ0n) is 14.8.